The van der Waals surface area contributed by atoms with Gasteiger partial charge < -0.3 is 4.57 Å². The Labute approximate surface area is 120 Å². The van der Waals surface area contributed by atoms with Crippen LogP contribution < -0.4 is 0 Å². The first-order valence-corrected chi connectivity index (χ1v) is 7.70. The van der Waals surface area contributed by atoms with Gasteiger partial charge >= 0.3 is 0 Å². The molecule has 102 valence electrons. The maximum Gasteiger partial charge on any atom is 0.197 e. The second kappa shape index (κ2) is 4.70. The molecule has 0 N–H and O–H groups in total. The van der Waals surface area contributed by atoms with Crippen molar-refractivity contribution in [3.8, 4) is 0 Å². The molecule has 2 aromatic rings. The second-order valence-corrected chi connectivity index (χ2v) is 6.35. The molecule has 0 amide bonds. The molecule has 2 heterocycles. The quantitative estimate of drug-likeness (QED) is 0.791. The fourth-order valence-electron chi connectivity index (χ4n) is 2.27. The molecule has 0 aromatic carbocycles. The summed E-state index contributed by atoms with van der Waals surface area (Å²) in [5.41, 5.74) is 0.594. The van der Waals surface area contributed by atoms with Crippen molar-refractivity contribution in [3.63, 3.8) is 0 Å². The van der Waals surface area contributed by atoms with Gasteiger partial charge in [0.15, 0.2) is 11.4 Å². The van der Waals surface area contributed by atoms with Crippen molar-refractivity contribution in [1.29, 1.82) is 0 Å². The van der Waals surface area contributed by atoms with Crippen molar-refractivity contribution in [2.75, 3.05) is 0 Å². The van der Waals surface area contributed by atoms with Crippen molar-refractivity contribution < 1.29 is 4.79 Å². The molecule has 4 rings (SSSR count). The minimum atomic E-state index is 0.581. The fourth-order valence-corrected chi connectivity index (χ4v) is 3.12. The number of nitrogens with zero attached hydrogens (tertiary/aromatic N) is 4. The predicted octanol–water partition coefficient (Wildman–Crippen LogP) is 2.85. The van der Waals surface area contributed by atoms with Crippen LogP contribution in [0.25, 0.3) is 0 Å². The Bertz CT molecular complexity index is 644. The summed E-state index contributed by atoms with van der Waals surface area (Å²) in [6.07, 6.45) is 7.32. The van der Waals surface area contributed by atoms with Crippen LogP contribution in [0, 0.1) is 0 Å². The van der Waals surface area contributed by atoms with E-state index in [2.05, 4.69) is 19.7 Å². The number of aromatic nitrogens is 4. The third-order valence-electron chi connectivity index (χ3n) is 3.64. The van der Waals surface area contributed by atoms with Gasteiger partial charge in [0, 0.05) is 23.7 Å². The second-order valence-electron chi connectivity index (χ2n) is 5.37. The molecule has 6 heteroatoms. The molecule has 0 aliphatic heterocycles. The maximum absolute atomic E-state index is 10.6. The molecule has 0 atom stereocenters. The van der Waals surface area contributed by atoms with Gasteiger partial charge in [0.05, 0.1) is 0 Å². The summed E-state index contributed by atoms with van der Waals surface area (Å²) in [6.45, 7) is 0. The molecule has 2 aliphatic rings. The molecular formula is C14H14N4OS. The molecule has 20 heavy (non-hydrogen) atoms. The zero-order valence-electron chi connectivity index (χ0n) is 10.9. The van der Waals surface area contributed by atoms with Gasteiger partial charge in [-0.15, -0.1) is 10.2 Å². The van der Waals surface area contributed by atoms with Crippen LogP contribution in [-0.4, -0.2) is 26.0 Å². The summed E-state index contributed by atoms with van der Waals surface area (Å²) in [5.74, 6) is 1.77. The van der Waals surface area contributed by atoms with Crippen LogP contribution in [0.5, 0.6) is 0 Å². The fraction of sp³-hybridized carbons (Fsp3) is 0.429. The number of carbonyl (C=O) groups excluding carboxylic acids is 1. The van der Waals surface area contributed by atoms with E-state index in [-0.39, 0.29) is 0 Å². The Balaban J connectivity index is 1.62. The zero-order valence-corrected chi connectivity index (χ0v) is 11.7. The predicted molar refractivity (Wildman–Crippen MR) is 74.0 cm³/mol. The van der Waals surface area contributed by atoms with Gasteiger partial charge in [-0.05, 0) is 49.6 Å². The van der Waals surface area contributed by atoms with Gasteiger partial charge in [-0.1, -0.05) is 0 Å². The topological polar surface area (TPSA) is 60.7 Å². The number of carbonyl (C=O) groups is 1. The zero-order chi connectivity index (χ0) is 13.5. The van der Waals surface area contributed by atoms with Crippen molar-refractivity contribution in [2.45, 2.75) is 47.8 Å². The first-order chi connectivity index (χ1) is 9.85. The summed E-state index contributed by atoms with van der Waals surface area (Å²) in [6, 6.07) is 4.22. The van der Waals surface area contributed by atoms with Crippen LogP contribution in [0.3, 0.4) is 0 Å². The summed E-state index contributed by atoms with van der Waals surface area (Å²) in [5, 5.41) is 10.5. The van der Waals surface area contributed by atoms with Crippen molar-refractivity contribution in [3.05, 3.63) is 29.7 Å². The number of pyridine rings is 1. The largest absolute Gasteiger partial charge is 0.302 e. The van der Waals surface area contributed by atoms with Crippen LogP contribution in [0.1, 0.15) is 53.8 Å². The van der Waals surface area contributed by atoms with Crippen LogP contribution >= 0.6 is 11.8 Å². The van der Waals surface area contributed by atoms with E-state index < -0.39 is 0 Å². The third-order valence-corrected chi connectivity index (χ3v) is 4.55. The van der Waals surface area contributed by atoms with E-state index in [0.29, 0.717) is 17.5 Å². The molecule has 5 nitrogen and oxygen atoms in total. The van der Waals surface area contributed by atoms with E-state index in [1.807, 2.05) is 6.07 Å². The Kier molecular flexibility index (Phi) is 2.84. The average molecular weight is 286 g/mol. The molecule has 0 spiro atoms. The van der Waals surface area contributed by atoms with Gasteiger partial charge in [-0.25, -0.2) is 4.98 Å². The average Bonchev–Trinajstić information content (AvgIpc) is 3.39. The lowest BCUT2D eigenvalue weighted by atomic mass is 10.3. The first-order valence-electron chi connectivity index (χ1n) is 6.89. The lowest BCUT2D eigenvalue weighted by molar-refractivity contribution is 0.112. The Morgan fingerprint density at radius 3 is 2.65 bits per heavy atom. The minimum absolute atomic E-state index is 0.581. The number of rotatable bonds is 5. The van der Waals surface area contributed by atoms with E-state index in [9.17, 15) is 4.79 Å². The van der Waals surface area contributed by atoms with Gasteiger partial charge in [-0.2, -0.15) is 0 Å². The summed E-state index contributed by atoms with van der Waals surface area (Å²) in [4.78, 5) is 14.9. The summed E-state index contributed by atoms with van der Waals surface area (Å²) in [7, 11) is 0. The van der Waals surface area contributed by atoms with E-state index in [1.165, 1.54) is 37.4 Å². The SMILES string of the molecule is O=Cc1ccc(Sc2nnc(C3CC3)n2C2CC2)nc1. The minimum Gasteiger partial charge on any atom is -0.302 e. The Morgan fingerprint density at radius 1 is 1.20 bits per heavy atom. The van der Waals surface area contributed by atoms with Crippen LogP contribution in [0.15, 0.2) is 28.5 Å². The van der Waals surface area contributed by atoms with E-state index in [4.69, 9.17) is 0 Å². The van der Waals surface area contributed by atoms with E-state index in [1.54, 1.807) is 12.3 Å². The normalized spacial score (nSPS) is 18.2. The molecule has 0 bridgehead atoms. The van der Waals surface area contributed by atoms with Gasteiger partial charge in [0.25, 0.3) is 0 Å². The summed E-state index contributed by atoms with van der Waals surface area (Å²) < 4.78 is 2.30. The Morgan fingerprint density at radius 2 is 2.05 bits per heavy atom. The molecule has 0 radical (unpaired) electrons. The molecule has 2 fully saturated rings. The molecule has 2 saturated carbocycles. The Hall–Kier alpha value is -1.69. The number of hydrogen-bond acceptors (Lipinski definition) is 5. The van der Waals surface area contributed by atoms with Crippen molar-refractivity contribution in [1.82, 2.24) is 19.7 Å². The van der Waals surface area contributed by atoms with Crippen molar-refractivity contribution in [2.24, 2.45) is 0 Å². The standard InChI is InChI=1S/C14H14N4OS/c19-8-9-1-6-12(15-7-9)20-14-17-16-13(10-2-3-10)18(14)11-4-5-11/h1,6-8,10-11H,2-5H2. The van der Waals surface area contributed by atoms with Crippen LogP contribution in [0.2, 0.25) is 0 Å². The highest BCUT2D eigenvalue weighted by Crippen LogP contribution is 2.46. The number of aldehydes is 1. The summed E-state index contributed by atoms with van der Waals surface area (Å²) >= 11 is 1.53. The highest BCUT2D eigenvalue weighted by molar-refractivity contribution is 7.99. The van der Waals surface area contributed by atoms with Crippen LogP contribution in [-0.2, 0) is 0 Å². The van der Waals surface area contributed by atoms with Gasteiger partial charge in [0.1, 0.15) is 10.9 Å². The van der Waals surface area contributed by atoms with Gasteiger partial charge in [-0.3, -0.25) is 4.79 Å². The highest BCUT2D eigenvalue weighted by Gasteiger charge is 2.36. The van der Waals surface area contributed by atoms with Crippen LogP contribution in [0.4, 0.5) is 0 Å². The molecule has 0 saturated heterocycles. The lowest BCUT2D eigenvalue weighted by Gasteiger charge is -2.07. The monoisotopic (exact) mass is 286 g/mol. The third kappa shape index (κ3) is 2.24. The number of hydrogen-bond donors (Lipinski definition) is 0. The maximum atomic E-state index is 10.6. The van der Waals surface area contributed by atoms with Crippen molar-refractivity contribution >= 4 is 18.0 Å². The molecule has 0 unspecified atom stereocenters. The van der Waals surface area contributed by atoms with E-state index in [0.717, 1.165) is 22.3 Å². The molecule has 2 aromatic heterocycles. The lowest BCUT2D eigenvalue weighted by Crippen LogP contribution is -2.01. The van der Waals surface area contributed by atoms with Gasteiger partial charge in [0.2, 0.25) is 0 Å². The molecule has 2 aliphatic carbocycles. The smallest absolute Gasteiger partial charge is 0.197 e. The van der Waals surface area contributed by atoms with E-state index >= 15 is 0 Å². The first kappa shape index (κ1) is 12.1. The highest BCUT2D eigenvalue weighted by atomic mass is 32.2. The molecular weight excluding hydrogens is 272 g/mol.